The maximum atomic E-state index is 3.67. The second-order valence-electron chi connectivity index (χ2n) is 2.24. The Hall–Kier alpha value is -1.18. The smallest absolute Gasteiger partial charge is 0.0573 e. The van der Waals surface area contributed by atoms with Crippen LogP contribution in [0, 0.1) is 0 Å². The van der Waals surface area contributed by atoms with Crippen LogP contribution in [0.25, 0.3) is 0 Å². The normalized spacial score (nSPS) is 12.5. The third-order valence-corrected chi connectivity index (χ3v) is 1.31. The van der Waals surface area contributed by atoms with Crippen molar-refractivity contribution in [3.8, 4) is 0 Å². The highest BCUT2D eigenvalue weighted by molar-refractivity contribution is 4.98. The molecule has 1 aromatic heterocycles. The molecule has 0 saturated heterocycles. The Balaban J connectivity index is 2.47. The van der Waals surface area contributed by atoms with Gasteiger partial charge in [0.05, 0.1) is 6.04 Å². The van der Waals surface area contributed by atoms with Crippen LogP contribution >= 0.6 is 0 Å². The standard InChI is InChI=1S/C8H12N2/c1-3-8(2)9-10-6-4-5-7-10/h3-9H,1H2,2H3. The van der Waals surface area contributed by atoms with E-state index in [-0.39, 0.29) is 0 Å². The van der Waals surface area contributed by atoms with E-state index in [1.54, 1.807) is 0 Å². The molecule has 1 atom stereocenters. The van der Waals surface area contributed by atoms with E-state index in [0.29, 0.717) is 6.04 Å². The predicted molar refractivity (Wildman–Crippen MR) is 43.5 cm³/mol. The average molecular weight is 136 g/mol. The number of nitrogens with one attached hydrogen (secondary N) is 1. The van der Waals surface area contributed by atoms with Gasteiger partial charge in [0.15, 0.2) is 0 Å². The van der Waals surface area contributed by atoms with Gasteiger partial charge in [-0.3, -0.25) is 4.68 Å². The van der Waals surface area contributed by atoms with Crippen molar-refractivity contribution in [1.82, 2.24) is 4.68 Å². The lowest BCUT2D eigenvalue weighted by Gasteiger charge is -2.10. The molecule has 0 aromatic carbocycles. The van der Waals surface area contributed by atoms with Crippen LogP contribution in [0.4, 0.5) is 0 Å². The molecule has 0 aliphatic rings. The second-order valence-corrected chi connectivity index (χ2v) is 2.24. The van der Waals surface area contributed by atoms with Gasteiger partial charge in [-0.15, -0.1) is 6.58 Å². The van der Waals surface area contributed by atoms with Gasteiger partial charge < -0.3 is 5.43 Å². The number of hydrogen-bond donors (Lipinski definition) is 1. The molecule has 54 valence electrons. The molecule has 2 heteroatoms. The van der Waals surface area contributed by atoms with Gasteiger partial charge in [0.2, 0.25) is 0 Å². The SMILES string of the molecule is C=CC(C)Nn1cccc1. The maximum absolute atomic E-state index is 3.67. The van der Waals surface area contributed by atoms with E-state index < -0.39 is 0 Å². The molecule has 0 aliphatic heterocycles. The van der Waals surface area contributed by atoms with Gasteiger partial charge in [0, 0.05) is 12.4 Å². The van der Waals surface area contributed by atoms with E-state index >= 15 is 0 Å². The van der Waals surface area contributed by atoms with Crippen molar-refractivity contribution in [2.45, 2.75) is 13.0 Å². The first-order chi connectivity index (χ1) is 4.83. The zero-order chi connectivity index (χ0) is 7.40. The summed E-state index contributed by atoms with van der Waals surface area (Å²) in [6.07, 6.45) is 5.78. The van der Waals surface area contributed by atoms with Crippen molar-refractivity contribution in [1.29, 1.82) is 0 Å². The monoisotopic (exact) mass is 136 g/mol. The highest BCUT2D eigenvalue weighted by Crippen LogP contribution is 1.89. The molecule has 1 N–H and O–H groups in total. The van der Waals surface area contributed by atoms with Crippen LogP contribution in [0.2, 0.25) is 0 Å². The first kappa shape index (κ1) is 6.93. The van der Waals surface area contributed by atoms with Crippen molar-refractivity contribution in [3.63, 3.8) is 0 Å². The van der Waals surface area contributed by atoms with Gasteiger partial charge in [-0.25, -0.2) is 0 Å². The lowest BCUT2D eigenvalue weighted by molar-refractivity contribution is 0.789. The van der Waals surface area contributed by atoms with Crippen LogP contribution in [0.1, 0.15) is 6.92 Å². The van der Waals surface area contributed by atoms with Crippen LogP contribution in [0.15, 0.2) is 37.2 Å². The van der Waals surface area contributed by atoms with Gasteiger partial charge in [0.25, 0.3) is 0 Å². The summed E-state index contributed by atoms with van der Waals surface area (Å²) >= 11 is 0. The Morgan fingerprint density at radius 2 is 2.10 bits per heavy atom. The molecule has 0 amide bonds. The van der Waals surface area contributed by atoms with Crippen LogP contribution in [0.5, 0.6) is 0 Å². The van der Waals surface area contributed by atoms with E-state index in [4.69, 9.17) is 0 Å². The summed E-state index contributed by atoms with van der Waals surface area (Å²) in [6, 6.07) is 4.26. The van der Waals surface area contributed by atoms with Gasteiger partial charge >= 0.3 is 0 Å². The summed E-state index contributed by atoms with van der Waals surface area (Å²) in [4.78, 5) is 0. The van der Waals surface area contributed by atoms with Gasteiger partial charge in [0.1, 0.15) is 0 Å². The minimum atomic E-state index is 0.312. The van der Waals surface area contributed by atoms with Crippen molar-refractivity contribution >= 4 is 0 Å². The average Bonchev–Trinajstić information content (AvgIpc) is 2.40. The van der Waals surface area contributed by atoms with Gasteiger partial charge in [-0.1, -0.05) is 6.08 Å². The quantitative estimate of drug-likeness (QED) is 0.624. The van der Waals surface area contributed by atoms with Crippen molar-refractivity contribution < 1.29 is 0 Å². The van der Waals surface area contributed by atoms with E-state index in [1.165, 1.54) is 0 Å². The summed E-state index contributed by atoms with van der Waals surface area (Å²) in [5, 5.41) is 0. The third-order valence-electron chi connectivity index (χ3n) is 1.31. The zero-order valence-corrected chi connectivity index (χ0v) is 6.12. The topological polar surface area (TPSA) is 17.0 Å². The predicted octanol–water partition coefficient (Wildman–Crippen LogP) is 1.61. The van der Waals surface area contributed by atoms with Gasteiger partial charge in [-0.05, 0) is 19.1 Å². The molecule has 0 spiro atoms. The van der Waals surface area contributed by atoms with E-state index in [1.807, 2.05) is 42.2 Å². The Bertz CT molecular complexity index is 189. The summed E-state index contributed by atoms with van der Waals surface area (Å²) in [6.45, 7) is 5.71. The zero-order valence-electron chi connectivity index (χ0n) is 6.12. The minimum absolute atomic E-state index is 0.312. The first-order valence-corrected chi connectivity index (χ1v) is 3.35. The van der Waals surface area contributed by atoms with E-state index in [0.717, 1.165) is 0 Å². The Labute approximate surface area is 61.1 Å². The fourth-order valence-corrected chi connectivity index (χ4v) is 0.708. The number of hydrogen-bond acceptors (Lipinski definition) is 1. The molecule has 1 aromatic rings. The molecule has 10 heavy (non-hydrogen) atoms. The molecule has 2 nitrogen and oxygen atoms in total. The molecular formula is C8H12N2. The van der Waals surface area contributed by atoms with Crippen molar-refractivity contribution in [2.75, 3.05) is 5.43 Å². The van der Waals surface area contributed by atoms with Crippen LogP contribution < -0.4 is 5.43 Å². The molecule has 1 rings (SSSR count). The van der Waals surface area contributed by atoms with Gasteiger partial charge in [-0.2, -0.15) is 0 Å². The molecule has 0 aliphatic carbocycles. The lowest BCUT2D eigenvalue weighted by atomic mass is 10.4. The van der Waals surface area contributed by atoms with Crippen LogP contribution in [0.3, 0.4) is 0 Å². The summed E-state index contributed by atoms with van der Waals surface area (Å²) < 4.78 is 1.91. The lowest BCUT2D eigenvalue weighted by Crippen LogP contribution is -2.21. The third kappa shape index (κ3) is 1.65. The first-order valence-electron chi connectivity index (χ1n) is 3.35. The second kappa shape index (κ2) is 3.11. The fourth-order valence-electron chi connectivity index (χ4n) is 0.708. The molecule has 1 heterocycles. The van der Waals surface area contributed by atoms with Crippen molar-refractivity contribution in [2.24, 2.45) is 0 Å². The van der Waals surface area contributed by atoms with E-state index in [9.17, 15) is 0 Å². The van der Waals surface area contributed by atoms with Crippen molar-refractivity contribution in [3.05, 3.63) is 37.2 Å². The summed E-state index contributed by atoms with van der Waals surface area (Å²) in [5.41, 5.74) is 3.17. The summed E-state index contributed by atoms with van der Waals surface area (Å²) in [7, 11) is 0. The highest BCUT2D eigenvalue weighted by Gasteiger charge is 1.91. The molecule has 0 radical (unpaired) electrons. The number of nitrogens with zero attached hydrogens (tertiary/aromatic N) is 1. The number of aromatic nitrogens is 1. The minimum Gasteiger partial charge on any atom is -0.320 e. The Morgan fingerprint density at radius 3 is 2.60 bits per heavy atom. The maximum Gasteiger partial charge on any atom is 0.0573 e. The summed E-state index contributed by atoms with van der Waals surface area (Å²) in [5.74, 6) is 0. The number of rotatable bonds is 3. The molecule has 0 fully saturated rings. The molecular weight excluding hydrogens is 124 g/mol. The van der Waals surface area contributed by atoms with Crippen LogP contribution in [-0.2, 0) is 0 Å². The fraction of sp³-hybridized carbons (Fsp3) is 0.250. The Morgan fingerprint density at radius 1 is 1.50 bits per heavy atom. The molecule has 1 unspecified atom stereocenters. The van der Waals surface area contributed by atoms with Crippen LogP contribution in [-0.4, -0.2) is 10.7 Å². The molecule has 0 bridgehead atoms. The largest absolute Gasteiger partial charge is 0.320 e. The molecule has 0 saturated carbocycles. The highest BCUT2D eigenvalue weighted by atomic mass is 15.4. The van der Waals surface area contributed by atoms with E-state index in [2.05, 4.69) is 12.0 Å². The Kier molecular flexibility index (Phi) is 2.15.